The number of carbonyl (C=O) groups is 1. The Bertz CT molecular complexity index is 1450. The third kappa shape index (κ3) is 7.19. The van der Waals surface area contributed by atoms with Gasteiger partial charge in [0.15, 0.2) is 0 Å². The molecule has 0 unspecified atom stereocenters. The molecule has 0 bridgehead atoms. The fourth-order valence-corrected chi connectivity index (χ4v) is 6.40. The number of benzene rings is 3. The summed E-state index contributed by atoms with van der Waals surface area (Å²) in [5.74, 6) is -0.159. The minimum atomic E-state index is -3.71. The summed E-state index contributed by atoms with van der Waals surface area (Å²) >= 11 is 0. The third-order valence-corrected chi connectivity index (χ3v) is 9.51. The molecule has 3 aromatic rings. The Morgan fingerprint density at radius 1 is 0.816 bits per heavy atom. The van der Waals surface area contributed by atoms with E-state index in [0.29, 0.717) is 38.4 Å². The maximum Gasteiger partial charge on any atom is 0.261 e. The van der Waals surface area contributed by atoms with Gasteiger partial charge in [0.2, 0.25) is 15.9 Å². The molecule has 9 nitrogen and oxygen atoms in total. The van der Waals surface area contributed by atoms with Gasteiger partial charge in [-0.3, -0.25) is 9.52 Å². The van der Waals surface area contributed by atoms with Crippen LogP contribution >= 0.6 is 0 Å². The van der Waals surface area contributed by atoms with Crippen LogP contribution in [0.1, 0.15) is 23.1 Å². The lowest BCUT2D eigenvalue weighted by Crippen LogP contribution is -2.40. The molecular formula is C27H31N3O6S2. The van der Waals surface area contributed by atoms with Crippen molar-refractivity contribution in [1.82, 2.24) is 9.62 Å². The summed E-state index contributed by atoms with van der Waals surface area (Å²) in [7, 11) is -7.26. The van der Waals surface area contributed by atoms with Crippen LogP contribution in [-0.4, -0.2) is 53.4 Å². The third-order valence-electron chi connectivity index (χ3n) is 6.20. The molecule has 0 spiro atoms. The Morgan fingerprint density at radius 3 is 2.03 bits per heavy atom. The summed E-state index contributed by atoms with van der Waals surface area (Å²) < 4.78 is 59.9. The second-order valence-electron chi connectivity index (χ2n) is 9.05. The summed E-state index contributed by atoms with van der Waals surface area (Å²) in [5, 5.41) is 2.84. The lowest BCUT2D eigenvalue weighted by atomic mass is 10.1. The lowest BCUT2D eigenvalue weighted by molar-refractivity contribution is -0.121. The largest absolute Gasteiger partial charge is 0.379 e. The summed E-state index contributed by atoms with van der Waals surface area (Å²) in [4.78, 5) is 12.7. The zero-order valence-electron chi connectivity index (χ0n) is 21.1. The highest BCUT2D eigenvalue weighted by atomic mass is 32.2. The number of nitrogens with zero attached hydrogens (tertiary/aromatic N) is 1. The fraction of sp³-hybridized carbons (Fsp3) is 0.296. The van der Waals surface area contributed by atoms with Crippen LogP contribution in [0.25, 0.3) is 0 Å². The van der Waals surface area contributed by atoms with E-state index in [0.717, 1.165) is 16.7 Å². The number of rotatable bonds is 10. The van der Waals surface area contributed by atoms with E-state index in [1.165, 1.54) is 16.4 Å². The Labute approximate surface area is 223 Å². The molecule has 1 amide bonds. The second-order valence-corrected chi connectivity index (χ2v) is 12.7. The van der Waals surface area contributed by atoms with Crippen molar-refractivity contribution in [2.45, 2.75) is 36.1 Å². The highest BCUT2D eigenvalue weighted by molar-refractivity contribution is 7.92. The molecule has 0 saturated carbocycles. The number of hydrogen-bond acceptors (Lipinski definition) is 6. The van der Waals surface area contributed by atoms with Gasteiger partial charge in [-0.15, -0.1) is 0 Å². The van der Waals surface area contributed by atoms with Crippen molar-refractivity contribution in [3.05, 3.63) is 89.5 Å². The molecule has 202 valence electrons. The summed E-state index contributed by atoms with van der Waals surface area (Å²) in [5.41, 5.74) is 3.15. The van der Waals surface area contributed by atoms with Crippen LogP contribution in [0.5, 0.6) is 0 Å². The van der Waals surface area contributed by atoms with Gasteiger partial charge < -0.3 is 10.1 Å². The number of hydrogen-bond donors (Lipinski definition) is 2. The van der Waals surface area contributed by atoms with Crippen LogP contribution in [-0.2, 0) is 42.5 Å². The molecule has 1 aliphatic heterocycles. The Morgan fingerprint density at radius 2 is 1.39 bits per heavy atom. The lowest BCUT2D eigenvalue weighted by Gasteiger charge is -2.26. The van der Waals surface area contributed by atoms with Gasteiger partial charge in [0, 0.05) is 31.7 Å². The van der Waals surface area contributed by atoms with Gasteiger partial charge in [0.25, 0.3) is 10.0 Å². The minimum absolute atomic E-state index is 0.144. The molecule has 0 radical (unpaired) electrons. The normalized spacial score (nSPS) is 14.7. The van der Waals surface area contributed by atoms with E-state index >= 15 is 0 Å². The minimum Gasteiger partial charge on any atom is -0.379 e. The maximum atomic E-state index is 12.7. The van der Waals surface area contributed by atoms with Crippen LogP contribution in [0.3, 0.4) is 0 Å². The van der Waals surface area contributed by atoms with Crippen LogP contribution in [0.15, 0.2) is 82.6 Å². The number of ether oxygens (including phenoxy) is 1. The molecule has 1 saturated heterocycles. The molecule has 2 N–H and O–H groups in total. The van der Waals surface area contributed by atoms with Crippen molar-refractivity contribution in [2.75, 3.05) is 31.0 Å². The molecule has 1 heterocycles. The average Bonchev–Trinajstić information content (AvgIpc) is 2.93. The predicted octanol–water partition coefficient (Wildman–Crippen LogP) is 3.07. The number of amides is 1. The standard InChI is InChI=1S/C27H31N3O6S2/c1-21-2-9-24(10-3-21)29-37(32,33)25-11-4-22(5-12-25)8-15-27(31)28-20-23-6-13-26(14-7-23)38(34,35)30-16-18-36-19-17-30/h2-7,9-14,29H,8,15-20H2,1H3,(H,28,31). The smallest absolute Gasteiger partial charge is 0.261 e. The maximum absolute atomic E-state index is 12.7. The molecule has 11 heteroatoms. The Hall–Kier alpha value is -3.25. The number of morpholine rings is 1. The fourth-order valence-electron chi connectivity index (χ4n) is 3.93. The molecule has 1 fully saturated rings. The zero-order chi connectivity index (χ0) is 27.2. The van der Waals surface area contributed by atoms with Gasteiger partial charge >= 0.3 is 0 Å². The van der Waals surface area contributed by atoms with Gasteiger partial charge in [-0.1, -0.05) is 42.0 Å². The molecule has 0 atom stereocenters. The predicted molar refractivity (Wildman–Crippen MR) is 145 cm³/mol. The van der Waals surface area contributed by atoms with Crippen molar-refractivity contribution in [3.8, 4) is 0 Å². The number of nitrogens with one attached hydrogen (secondary N) is 2. The van der Waals surface area contributed by atoms with Crippen molar-refractivity contribution >= 4 is 31.6 Å². The quantitative estimate of drug-likeness (QED) is 0.395. The molecule has 4 rings (SSSR count). The van der Waals surface area contributed by atoms with E-state index in [1.54, 1.807) is 48.5 Å². The highest BCUT2D eigenvalue weighted by Gasteiger charge is 2.26. The number of carbonyl (C=O) groups excluding carboxylic acids is 1. The van der Waals surface area contributed by atoms with Crippen LogP contribution in [0.2, 0.25) is 0 Å². The van der Waals surface area contributed by atoms with E-state index in [2.05, 4.69) is 10.0 Å². The van der Waals surface area contributed by atoms with E-state index in [1.807, 2.05) is 19.1 Å². The van der Waals surface area contributed by atoms with Crippen molar-refractivity contribution in [2.24, 2.45) is 0 Å². The van der Waals surface area contributed by atoms with Crippen molar-refractivity contribution in [1.29, 1.82) is 0 Å². The number of anilines is 1. The van der Waals surface area contributed by atoms with Gasteiger partial charge in [0.05, 0.1) is 23.0 Å². The first-order chi connectivity index (χ1) is 18.1. The Kier molecular flexibility index (Phi) is 8.83. The van der Waals surface area contributed by atoms with Gasteiger partial charge in [0.1, 0.15) is 0 Å². The van der Waals surface area contributed by atoms with Crippen LogP contribution in [0.4, 0.5) is 5.69 Å². The van der Waals surface area contributed by atoms with E-state index in [9.17, 15) is 21.6 Å². The van der Waals surface area contributed by atoms with E-state index in [-0.39, 0.29) is 28.7 Å². The van der Waals surface area contributed by atoms with Crippen molar-refractivity contribution < 1.29 is 26.4 Å². The molecular weight excluding hydrogens is 526 g/mol. The summed E-state index contributed by atoms with van der Waals surface area (Å²) in [6, 6.07) is 20.0. The Balaban J connectivity index is 1.25. The zero-order valence-corrected chi connectivity index (χ0v) is 22.7. The summed E-state index contributed by atoms with van der Waals surface area (Å²) in [6.07, 6.45) is 0.686. The molecule has 0 aliphatic carbocycles. The highest BCUT2D eigenvalue weighted by Crippen LogP contribution is 2.19. The molecule has 1 aliphatic rings. The SMILES string of the molecule is Cc1ccc(NS(=O)(=O)c2ccc(CCC(=O)NCc3ccc(S(=O)(=O)N4CCOCC4)cc3)cc2)cc1. The first-order valence-electron chi connectivity index (χ1n) is 12.3. The number of sulfonamides is 2. The molecule has 38 heavy (non-hydrogen) atoms. The molecule has 0 aromatic heterocycles. The summed E-state index contributed by atoms with van der Waals surface area (Å²) in [6.45, 7) is 3.65. The van der Waals surface area contributed by atoms with Gasteiger partial charge in [-0.25, -0.2) is 16.8 Å². The number of aryl methyl sites for hydroxylation is 2. The first-order valence-corrected chi connectivity index (χ1v) is 15.2. The van der Waals surface area contributed by atoms with E-state index < -0.39 is 20.0 Å². The van der Waals surface area contributed by atoms with E-state index in [4.69, 9.17) is 4.74 Å². The first kappa shape index (κ1) is 27.8. The average molecular weight is 558 g/mol. The molecule has 3 aromatic carbocycles. The van der Waals surface area contributed by atoms with Gasteiger partial charge in [-0.05, 0) is 60.9 Å². The monoisotopic (exact) mass is 557 g/mol. The topological polar surface area (TPSA) is 122 Å². The second kappa shape index (κ2) is 12.1. The van der Waals surface area contributed by atoms with Crippen LogP contribution < -0.4 is 10.0 Å². The van der Waals surface area contributed by atoms with Crippen molar-refractivity contribution in [3.63, 3.8) is 0 Å². The van der Waals surface area contributed by atoms with Crippen LogP contribution in [0, 0.1) is 6.92 Å². The van der Waals surface area contributed by atoms with Gasteiger partial charge in [-0.2, -0.15) is 4.31 Å².